The summed E-state index contributed by atoms with van der Waals surface area (Å²) in [5, 5.41) is 22.4. The zero-order valence-corrected chi connectivity index (χ0v) is 25.7. The summed E-state index contributed by atoms with van der Waals surface area (Å²) < 4.78 is 11.2. The van der Waals surface area contributed by atoms with Gasteiger partial charge in [0.25, 0.3) is 5.91 Å². The molecular formula is C33H45N7O5. The molecule has 0 unspecified atom stereocenters. The van der Waals surface area contributed by atoms with Crippen molar-refractivity contribution in [2.45, 2.75) is 63.5 Å². The fraction of sp³-hybridized carbons (Fsp3) is 0.485. The zero-order chi connectivity index (χ0) is 31.5. The molecular weight excluding hydrogens is 574 g/mol. The van der Waals surface area contributed by atoms with Gasteiger partial charge in [0.05, 0.1) is 26.4 Å². The monoisotopic (exact) mass is 619 g/mol. The van der Waals surface area contributed by atoms with Crippen molar-refractivity contribution < 1.29 is 24.2 Å². The zero-order valence-electron chi connectivity index (χ0n) is 25.7. The number of anilines is 3. The maximum Gasteiger partial charge on any atom is 0.326 e. The van der Waals surface area contributed by atoms with Gasteiger partial charge in [0.2, 0.25) is 17.8 Å². The molecule has 1 saturated carbocycles. The van der Waals surface area contributed by atoms with Gasteiger partial charge in [0.1, 0.15) is 6.04 Å². The van der Waals surface area contributed by atoms with E-state index in [4.69, 9.17) is 9.47 Å². The number of aliphatic carboxylic acids is 1. The smallest absolute Gasteiger partial charge is 0.326 e. The van der Waals surface area contributed by atoms with Crippen LogP contribution in [0.15, 0.2) is 60.7 Å². The second kappa shape index (κ2) is 19.2. The fourth-order valence-electron chi connectivity index (χ4n) is 5.06. The summed E-state index contributed by atoms with van der Waals surface area (Å²) in [6.45, 7) is 2.42. The van der Waals surface area contributed by atoms with Crippen molar-refractivity contribution in [1.82, 2.24) is 20.3 Å². The second-order valence-electron chi connectivity index (χ2n) is 11.0. The van der Waals surface area contributed by atoms with E-state index in [1.165, 1.54) is 19.3 Å². The molecule has 1 amide bonds. The molecule has 0 saturated heterocycles. The fourth-order valence-corrected chi connectivity index (χ4v) is 5.06. The summed E-state index contributed by atoms with van der Waals surface area (Å²) in [5.41, 5.74) is 1.52. The Labute approximate surface area is 264 Å². The standard InChI is InChI=1S/C33H45N7O5/c41-29(26-14-8-5-9-15-26)34-18-20-44-22-23-45-21-19-35-31-38-32(36-27-16-10-2-1-3-11-17-27)40-33(39-31)37-28(30(42)43)24-25-12-6-4-7-13-25/h4-9,12-15,27-28H,1-3,10-11,16-24H2,(H,34,41)(H,42,43)(H3,35,36,37,38,39,40)/t28-/m0/s1. The predicted octanol–water partition coefficient (Wildman–Crippen LogP) is 4.38. The topological polar surface area (TPSA) is 160 Å². The molecule has 12 heteroatoms. The Hall–Kier alpha value is -4.29. The van der Waals surface area contributed by atoms with E-state index in [9.17, 15) is 14.7 Å². The van der Waals surface area contributed by atoms with Crippen molar-refractivity contribution in [3.63, 3.8) is 0 Å². The van der Waals surface area contributed by atoms with Crippen molar-refractivity contribution in [2.75, 3.05) is 55.5 Å². The first-order chi connectivity index (χ1) is 22.1. The Bertz CT molecular complexity index is 1290. The van der Waals surface area contributed by atoms with Crippen LogP contribution in [-0.2, 0) is 20.7 Å². The van der Waals surface area contributed by atoms with Gasteiger partial charge >= 0.3 is 5.97 Å². The number of carbonyl (C=O) groups excluding carboxylic acids is 1. The number of hydrogen-bond donors (Lipinski definition) is 5. The third-order valence-electron chi connectivity index (χ3n) is 7.43. The van der Waals surface area contributed by atoms with Crippen LogP contribution in [0, 0.1) is 0 Å². The Balaban J connectivity index is 1.24. The van der Waals surface area contributed by atoms with Crippen LogP contribution in [0.3, 0.4) is 0 Å². The number of ether oxygens (including phenoxy) is 2. The number of carboxylic acids is 1. The van der Waals surface area contributed by atoms with Gasteiger partial charge in [-0.3, -0.25) is 4.79 Å². The molecule has 0 radical (unpaired) electrons. The predicted molar refractivity (Wildman–Crippen MR) is 174 cm³/mol. The van der Waals surface area contributed by atoms with E-state index >= 15 is 0 Å². The lowest BCUT2D eigenvalue weighted by Gasteiger charge is -2.22. The van der Waals surface area contributed by atoms with Crippen LogP contribution < -0.4 is 21.3 Å². The highest BCUT2D eigenvalue weighted by molar-refractivity contribution is 5.94. The molecule has 1 fully saturated rings. The molecule has 0 aliphatic heterocycles. The third-order valence-corrected chi connectivity index (χ3v) is 7.43. The van der Waals surface area contributed by atoms with Crippen LogP contribution in [-0.4, -0.2) is 83.5 Å². The van der Waals surface area contributed by atoms with Crippen molar-refractivity contribution in [3.05, 3.63) is 71.8 Å². The molecule has 0 bridgehead atoms. The maximum atomic E-state index is 12.1. The van der Waals surface area contributed by atoms with Crippen molar-refractivity contribution >= 4 is 29.7 Å². The van der Waals surface area contributed by atoms with Gasteiger partial charge in [-0.1, -0.05) is 80.6 Å². The van der Waals surface area contributed by atoms with Gasteiger partial charge in [-0.05, 0) is 30.5 Å². The number of nitrogens with one attached hydrogen (secondary N) is 4. The SMILES string of the molecule is O=C(NCCOCCOCCNc1nc(NC2CCCCCCC2)nc(N[C@@H](Cc2ccccc2)C(=O)O)n1)c1ccccc1. The summed E-state index contributed by atoms with van der Waals surface area (Å²) in [7, 11) is 0. The highest BCUT2D eigenvalue weighted by atomic mass is 16.5. The molecule has 5 N–H and O–H groups in total. The minimum absolute atomic E-state index is 0.129. The molecule has 1 aliphatic rings. The Morgan fingerprint density at radius 3 is 2.04 bits per heavy atom. The Morgan fingerprint density at radius 2 is 1.36 bits per heavy atom. The van der Waals surface area contributed by atoms with Crippen molar-refractivity contribution in [1.29, 1.82) is 0 Å². The van der Waals surface area contributed by atoms with Crippen LogP contribution >= 0.6 is 0 Å². The van der Waals surface area contributed by atoms with Crippen molar-refractivity contribution in [2.24, 2.45) is 0 Å². The molecule has 1 heterocycles. The largest absolute Gasteiger partial charge is 0.480 e. The van der Waals surface area contributed by atoms with Crippen LogP contribution in [0.4, 0.5) is 17.8 Å². The van der Waals surface area contributed by atoms with Crippen LogP contribution in [0.2, 0.25) is 0 Å². The average Bonchev–Trinajstić information content (AvgIpc) is 3.03. The number of hydrogen-bond acceptors (Lipinski definition) is 10. The second-order valence-corrected chi connectivity index (χ2v) is 11.0. The normalized spacial score (nSPS) is 14.5. The van der Waals surface area contributed by atoms with E-state index < -0.39 is 12.0 Å². The van der Waals surface area contributed by atoms with E-state index in [1.54, 1.807) is 12.1 Å². The quantitative estimate of drug-likeness (QED) is 0.129. The van der Waals surface area contributed by atoms with Crippen LogP contribution in [0.25, 0.3) is 0 Å². The number of nitrogens with zero attached hydrogens (tertiary/aromatic N) is 3. The van der Waals surface area contributed by atoms with Gasteiger partial charge in [0.15, 0.2) is 0 Å². The molecule has 1 aromatic heterocycles. The first-order valence-electron chi connectivity index (χ1n) is 15.9. The van der Waals surface area contributed by atoms with Gasteiger partial charge in [-0.15, -0.1) is 0 Å². The van der Waals surface area contributed by atoms with E-state index in [0.29, 0.717) is 57.0 Å². The van der Waals surface area contributed by atoms with Gasteiger partial charge in [0, 0.05) is 31.1 Å². The van der Waals surface area contributed by atoms with E-state index in [1.807, 2.05) is 48.5 Å². The first kappa shape index (κ1) is 33.6. The number of carboxylic acid groups (broad SMARTS) is 1. The number of aromatic nitrogens is 3. The number of benzene rings is 2. The van der Waals surface area contributed by atoms with E-state index in [0.717, 1.165) is 31.2 Å². The van der Waals surface area contributed by atoms with Gasteiger partial charge < -0.3 is 35.8 Å². The molecule has 0 spiro atoms. The summed E-state index contributed by atoms with van der Waals surface area (Å²) in [6, 6.07) is 17.9. The maximum absolute atomic E-state index is 12.1. The molecule has 3 aromatic rings. The number of rotatable bonds is 18. The summed E-state index contributed by atoms with van der Waals surface area (Å²) in [5.74, 6) is -0.178. The average molecular weight is 620 g/mol. The van der Waals surface area contributed by atoms with Gasteiger partial charge in [-0.2, -0.15) is 15.0 Å². The summed E-state index contributed by atoms with van der Waals surface area (Å²) >= 11 is 0. The molecule has 12 nitrogen and oxygen atoms in total. The summed E-state index contributed by atoms with van der Waals surface area (Å²) in [6.07, 6.45) is 8.40. The third kappa shape index (κ3) is 12.7. The van der Waals surface area contributed by atoms with Crippen LogP contribution in [0.5, 0.6) is 0 Å². The molecule has 1 aliphatic carbocycles. The Kier molecular flexibility index (Phi) is 14.3. The Morgan fingerprint density at radius 1 is 0.756 bits per heavy atom. The number of carbonyl (C=O) groups is 2. The minimum Gasteiger partial charge on any atom is -0.480 e. The van der Waals surface area contributed by atoms with E-state index in [2.05, 4.69) is 36.2 Å². The molecule has 242 valence electrons. The molecule has 2 aromatic carbocycles. The van der Waals surface area contributed by atoms with E-state index in [-0.39, 0.29) is 24.3 Å². The van der Waals surface area contributed by atoms with Crippen LogP contribution in [0.1, 0.15) is 60.9 Å². The lowest BCUT2D eigenvalue weighted by atomic mass is 9.97. The molecule has 1 atom stereocenters. The highest BCUT2D eigenvalue weighted by Crippen LogP contribution is 2.21. The highest BCUT2D eigenvalue weighted by Gasteiger charge is 2.21. The lowest BCUT2D eigenvalue weighted by molar-refractivity contribution is -0.137. The molecule has 45 heavy (non-hydrogen) atoms. The van der Waals surface area contributed by atoms with Crippen molar-refractivity contribution in [3.8, 4) is 0 Å². The first-order valence-corrected chi connectivity index (χ1v) is 15.9. The lowest BCUT2D eigenvalue weighted by Crippen LogP contribution is -2.33. The summed E-state index contributed by atoms with van der Waals surface area (Å²) in [4.78, 5) is 37.7. The van der Waals surface area contributed by atoms with Gasteiger partial charge in [-0.25, -0.2) is 4.79 Å². The number of amides is 1. The molecule has 4 rings (SSSR count). The minimum atomic E-state index is -0.988.